The number of hydrogen-bond donors (Lipinski definition) is 1. The highest BCUT2D eigenvalue weighted by atomic mass is 79.9. The number of benzene rings is 1. The first-order chi connectivity index (χ1) is 8.76. The van der Waals surface area contributed by atoms with Gasteiger partial charge in [0, 0.05) is 22.3 Å². The second kappa shape index (κ2) is 6.97. The van der Waals surface area contributed by atoms with Gasteiger partial charge in [0.1, 0.15) is 0 Å². The van der Waals surface area contributed by atoms with Crippen molar-refractivity contribution in [2.45, 2.75) is 43.4 Å². The summed E-state index contributed by atoms with van der Waals surface area (Å²) in [4.78, 5) is 0. The molecule has 0 aliphatic heterocycles. The molecule has 0 bridgehead atoms. The van der Waals surface area contributed by atoms with E-state index < -0.39 is 0 Å². The lowest BCUT2D eigenvalue weighted by atomic mass is 9.88. The molecule has 0 spiro atoms. The molecule has 1 nitrogen and oxygen atoms in total. The van der Waals surface area contributed by atoms with Crippen LogP contribution in [0.2, 0.25) is 0 Å². The Morgan fingerprint density at radius 3 is 2.61 bits per heavy atom. The molecule has 1 aromatic carbocycles. The maximum atomic E-state index is 3.65. The Bertz CT molecular complexity index is 375. The third kappa shape index (κ3) is 3.75. The summed E-state index contributed by atoms with van der Waals surface area (Å²) in [6.45, 7) is 2.10. The molecule has 1 N–H and O–H groups in total. The molecular weight excluding hydrogens is 306 g/mol. The van der Waals surface area contributed by atoms with Crippen LogP contribution >= 0.6 is 27.7 Å². The van der Waals surface area contributed by atoms with Gasteiger partial charge in [0.15, 0.2) is 0 Å². The summed E-state index contributed by atoms with van der Waals surface area (Å²) in [5.41, 5.74) is 1.35. The van der Waals surface area contributed by atoms with Crippen molar-refractivity contribution in [2.75, 3.05) is 12.8 Å². The average molecular weight is 328 g/mol. The molecule has 0 amide bonds. The Kier molecular flexibility index (Phi) is 5.58. The van der Waals surface area contributed by atoms with Gasteiger partial charge in [-0.2, -0.15) is 11.8 Å². The topological polar surface area (TPSA) is 12.0 Å². The molecule has 18 heavy (non-hydrogen) atoms. The van der Waals surface area contributed by atoms with Gasteiger partial charge in [0.2, 0.25) is 0 Å². The number of thioether (sulfide) groups is 1. The second-order valence-corrected chi connectivity index (χ2v) is 7.27. The molecule has 2 rings (SSSR count). The summed E-state index contributed by atoms with van der Waals surface area (Å²) in [6.07, 6.45) is 9.24. The third-order valence-corrected chi connectivity index (χ3v) is 6.11. The van der Waals surface area contributed by atoms with E-state index >= 15 is 0 Å². The lowest BCUT2D eigenvalue weighted by Crippen LogP contribution is -2.39. The zero-order valence-corrected chi connectivity index (χ0v) is 13.4. The quantitative estimate of drug-likeness (QED) is 0.847. The zero-order chi connectivity index (χ0) is 12.8. The molecular formula is C15H22BrNS. The van der Waals surface area contributed by atoms with Crippen molar-refractivity contribution in [2.24, 2.45) is 0 Å². The number of nitrogens with one attached hydrogen (secondary N) is 1. The summed E-state index contributed by atoms with van der Waals surface area (Å²) >= 11 is 5.67. The molecule has 0 saturated heterocycles. The van der Waals surface area contributed by atoms with Crippen molar-refractivity contribution in [3.8, 4) is 0 Å². The predicted octanol–water partition coefficient (Wildman–Crippen LogP) is 4.60. The predicted molar refractivity (Wildman–Crippen MR) is 85.2 cm³/mol. The van der Waals surface area contributed by atoms with E-state index in [1.165, 1.54) is 42.1 Å². The van der Waals surface area contributed by atoms with E-state index in [2.05, 4.69) is 63.5 Å². The lowest BCUT2D eigenvalue weighted by Gasteiger charge is -2.36. The average Bonchev–Trinajstić information content (AvgIpc) is 2.42. The Morgan fingerprint density at radius 1 is 1.22 bits per heavy atom. The SMILES string of the molecule is CSC1(CNCc2ccccc2Br)CCCCC1. The van der Waals surface area contributed by atoms with Crippen LogP contribution in [0.3, 0.4) is 0 Å². The molecule has 100 valence electrons. The fraction of sp³-hybridized carbons (Fsp3) is 0.600. The van der Waals surface area contributed by atoms with Gasteiger partial charge in [-0.15, -0.1) is 0 Å². The first-order valence-electron chi connectivity index (χ1n) is 6.75. The van der Waals surface area contributed by atoms with Crippen molar-refractivity contribution in [3.63, 3.8) is 0 Å². The van der Waals surface area contributed by atoms with Crippen LogP contribution in [0.15, 0.2) is 28.7 Å². The second-order valence-electron chi connectivity index (χ2n) is 5.14. The highest BCUT2D eigenvalue weighted by Gasteiger charge is 2.30. The van der Waals surface area contributed by atoms with Gasteiger partial charge in [-0.3, -0.25) is 0 Å². The molecule has 0 radical (unpaired) electrons. The van der Waals surface area contributed by atoms with E-state index in [0.717, 1.165) is 13.1 Å². The van der Waals surface area contributed by atoms with E-state index in [9.17, 15) is 0 Å². The third-order valence-electron chi connectivity index (χ3n) is 3.92. The molecule has 1 aliphatic carbocycles. The Hall–Kier alpha value is 0.01000. The maximum Gasteiger partial charge on any atom is 0.0281 e. The van der Waals surface area contributed by atoms with Crippen LogP contribution in [-0.4, -0.2) is 17.5 Å². The number of halogens is 1. The van der Waals surface area contributed by atoms with Gasteiger partial charge < -0.3 is 5.32 Å². The maximum absolute atomic E-state index is 3.65. The van der Waals surface area contributed by atoms with Gasteiger partial charge in [-0.05, 0) is 30.7 Å². The Labute approximate surface area is 123 Å². The summed E-state index contributed by atoms with van der Waals surface area (Å²) in [5.74, 6) is 0. The fourth-order valence-electron chi connectivity index (χ4n) is 2.72. The van der Waals surface area contributed by atoms with Crippen molar-refractivity contribution in [1.29, 1.82) is 0 Å². The summed E-state index contributed by atoms with van der Waals surface area (Å²) in [6, 6.07) is 8.47. The molecule has 0 atom stereocenters. The van der Waals surface area contributed by atoms with Gasteiger partial charge in [0.25, 0.3) is 0 Å². The largest absolute Gasteiger partial charge is 0.311 e. The first kappa shape index (κ1) is 14.4. The standard InChI is InChI=1S/C15H22BrNS/c1-18-15(9-5-2-6-10-15)12-17-11-13-7-3-4-8-14(13)16/h3-4,7-8,17H,2,5-6,9-12H2,1H3. The molecule has 1 aromatic rings. The van der Waals surface area contributed by atoms with Crippen LogP contribution in [0.1, 0.15) is 37.7 Å². The van der Waals surface area contributed by atoms with Gasteiger partial charge in [-0.1, -0.05) is 53.4 Å². The zero-order valence-electron chi connectivity index (χ0n) is 11.0. The van der Waals surface area contributed by atoms with E-state index in [1.54, 1.807) is 0 Å². The van der Waals surface area contributed by atoms with Crippen LogP contribution < -0.4 is 5.32 Å². The summed E-state index contributed by atoms with van der Waals surface area (Å²) in [7, 11) is 0. The summed E-state index contributed by atoms with van der Waals surface area (Å²) in [5, 5.41) is 3.65. The highest BCUT2D eigenvalue weighted by molar-refractivity contribution is 9.10. The Morgan fingerprint density at radius 2 is 1.94 bits per heavy atom. The van der Waals surface area contributed by atoms with Crippen molar-refractivity contribution >= 4 is 27.7 Å². The minimum atomic E-state index is 0.486. The normalized spacial score (nSPS) is 18.8. The fourth-order valence-corrected chi connectivity index (χ4v) is 4.08. The minimum absolute atomic E-state index is 0.486. The lowest BCUT2D eigenvalue weighted by molar-refractivity contribution is 0.379. The number of hydrogen-bond acceptors (Lipinski definition) is 2. The molecule has 0 unspecified atom stereocenters. The van der Waals surface area contributed by atoms with Crippen molar-refractivity contribution in [1.82, 2.24) is 5.32 Å². The van der Waals surface area contributed by atoms with Gasteiger partial charge in [0.05, 0.1) is 0 Å². The molecule has 0 heterocycles. The van der Waals surface area contributed by atoms with E-state index in [1.807, 2.05) is 0 Å². The van der Waals surface area contributed by atoms with Crippen LogP contribution in [0.25, 0.3) is 0 Å². The number of rotatable bonds is 5. The van der Waals surface area contributed by atoms with E-state index in [-0.39, 0.29) is 0 Å². The van der Waals surface area contributed by atoms with Gasteiger partial charge >= 0.3 is 0 Å². The monoisotopic (exact) mass is 327 g/mol. The van der Waals surface area contributed by atoms with Crippen LogP contribution in [0, 0.1) is 0 Å². The smallest absolute Gasteiger partial charge is 0.0281 e. The van der Waals surface area contributed by atoms with Crippen molar-refractivity contribution < 1.29 is 0 Å². The minimum Gasteiger partial charge on any atom is -0.311 e. The molecule has 1 fully saturated rings. The van der Waals surface area contributed by atoms with Crippen LogP contribution in [0.4, 0.5) is 0 Å². The summed E-state index contributed by atoms with van der Waals surface area (Å²) < 4.78 is 1.69. The molecule has 3 heteroatoms. The molecule has 1 aliphatic rings. The van der Waals surface area contributed by atoms with E-state index in [0.29, 0.717) is 4.75 Å². The van der Waals surface area contributed by atoms with Crippen LogP contribution in [-0.2, 0) is 6.54 Å². The van der Waals surface area contributed by atoms with Gasteiger partial charge in [-0.25, -0.2) is 0 Å². The molecule has 0 aromatic heterocycles. The molecule has 1 saturated carbocycles. The van der Waals surface area contributed by atoms with Crippen LogP contribution in [0.5, 0.6) is 0 Å². The highest BCUT2D eigenvalue weighted by Crippen LogP contribution is 2.38. The van der Waals surface area contributed by atoms with E-state index in [4.69, 9.17) is 0 Å². The van der Waals surface area contributed by atoms with Crippen molar-refractivity contribution in [3.05, 3.63) is 34.3 Å². The Balaban J connectivity index is 1.85. The first-order valence-corrected chi connectivity index (χ1v) is 8.77.